The van der Waals surface area contributed by atoms with Gasteiger partial charge in [-0.2, -0.15) is 11.8 Å². The van der Waals surface area contributed by atoms with E-state index in [2.05, 4.69) is 16.9 Å². The lowest BCUT2D eigenvalue weighted by Gasteiger charge is -2.19. The second kappa shape index (κ2) is 9.12. The molecule has 1 amide bonds. The molecule has 0 aliphatic rings. The second-order valence-corrected chi connectivity index (χ2v) is 6.18. The predicted octanol–water partition coefficient (Wildman–Crippen LogP) is 2.08. The van der Waals surface area contributed by atoms with Crippen molar-refractivity contribution < 1.29 is 9.90 Å². The quantitative estimate of drug-likeness (QED) is 0.560. The van der Waals surface area contributed by atoms with Gasteiger partial charge in [0.05, 0.1) is 17.3 Å². The van der Waals surface area contributed by atoms with Gasteiger partial charge in [-0.25, -0.2) is 4.98 Å². The highest BCUT2D eigenvalue weighted by atomic mass is 32.2. The van der Waals surface area contributed by atoms with Crippen molar-refractivity contribution in [1.82, 2.24) is 9.88 Å². The third-order valence-electron chi connectivity index (χ3n) is 2.45. The molecule has 6 heteroatoms. The minimum atomic E-state index is -0.00910. The highest BCUT2D eigenvalue weighted by molar-refractivity contribution is 7.98. The zero-order valence-electron chi connectivity index (χ0n) is 11.2. The van der Waals surface area contributed by atoms with Crippen molar-refractivity contribution in [3.8, 4) is 0 Å². The zero-order chi connectivity index (χ0) is 14.1. The van der Waals surface area contributed by atoms with E-state index in [1.807, 2.05) is 6.92 Å². The second-order valence-electron chi connectivity index (χ2n) is 4.01. The van der Waals surface area contributed by atoms with Crippen molar-refractivity contribution in [2.45, 2.75) is 19.1 Å². The van der Waals surface area contributed by atoms with E-state index in [0.717, 1.165) is 22.2 Å². The number of thiazole rings is 1. The Balaban J connectivity index is 2.23. The number of amides is 1. The molecule has 0 radical (unpaired) electrons. The van der Waals surface area contributed by atoms with Gasteiger partial charge in [0.15, 0.2) is 0 Å². The predicted molar refractivity (Wildman–Crippen MR) is 81.5 cm³/mol. The van der Waals surface area contributed by atoms with E-state index in [1.165, 1.54) is 0 Å². The van der Waals surface area contributed by atoms with Gasteiger partial charge in [0, 0.05) is 36.4 Å². The third kappa shape index (κ3) is 6.22. The standard InChI is InChI=1S/C13H20N2O2S2/c1-3-5-15(6-7-16)13(17)4-8-18-9-12-10-19-11(2)14-12/h3,10,16H,1,4-9H2,2H3. The Labute approximate surface area is 122 Å². The van der Waals surface area contributed by atoms with Crippen LogP contribution in [-0.2, 0) is 10.5 Å². The molecule has 0 aliphatic heterocycles. The maximum atomic E-state index is 11.9. The summed E-state index contributed by atoms with van der Waals surface area (Å²) in [7, 11) is 0. The van der Waals surface area contributed by atoms with E-state index in [9.17, 15) is 4.79 Å². The van der Waals surface area contributed by atoms with Gasteiger partial charge in [-0.05, 0) is 6.92 Å². The topological polar surface area (TPSA) is 53.4 Å². The number of aryl methyl sites for hydroxylation is 1. The molecule has 106 valence electrons. The first-order valence-electron chi connectivity index (χ1n) is 6.15. The molecule has 19 heavy (non-hydrogen) atoms. The highest BCUT2D eigenvalue weighted by Gasteiger charge is 2.11. The number of thioether (sulfide) groups is 1. The van der Waals surface area contributed by atoms with Crippen molar-refractivity contribution >= 4 is 29.0 Å². The number of aliphatic hydroxyl groups is 1. The number of rotatable bonds is 9. The van der Waals surface area contributed by atoms with Gasteiger partial charge < -0.3 is 10.0 Å². The SMILES string of the molecule is C=CCN(CCO)C(=O)CCSCc1csc(C)n1. The molecule has 0 atom stereocenters. The van der Waals surface area contributed by atoms with Crippen LogP contribution >= 0.6 is 23.1 Å². The van der Waals surface area contributed by atoms with Crippen LogP contribution in [0.25, 0.3) is 0 Å². The molecule has 0 aromatic carbocycles. The van der Waals surface area contributed by atoms with Crippen LogP contribution < -0.4 is 0 Å². The van der Waals surface area contributed by atoms with Gasteiger partial charge in [0.1, 0.15) is 0 Å². The van der Waals surface area contributed by atoms with Crippen molar-refractivity contribution in [1.29, 1.82) is 0 Å². The summed E-state index contributed by atoms with van der Waals surface area (Å²) in [6, 6.07) is 0. The average Bonchev–Trinajstić information content (AvgIpc) is 2.80. The van der Waals surface area contributed by atoms with Crippen LogP contribution in [0.5, 0.6) is 0 Å². The Hall–Kier alpha value is -0.850. The lowest BCUT2D eigenvalue weighted by Crippen LogP contribution is -2.33. The maximum Gasteiger partial charge on any atom is 0.223 e. The summed E-state index contributed by atoms with van der Waals surface area (Å²) >= 11 is 3.36. The summed E-state index contributed by atoms with van der Waals surface area (Å²) in [5.41, 5.74) is 1.08. The fourth-order valence-corrected chi connectivity index (χ4v) is 3.10. The molecule has 0 spiro atoms. The molecule has 0 saturated carbocycles. The largest absolute Gasteiger partial charge is 0.395 e. The molecule has 0 bridgehead atoms. The minimum absolute atomic E-state index is 0.00910. The highest BCUT2D eigenvalue weighted by Crippen LogP contribution is 2.16. The number of carbonyl (C=O) groups excluding carboxylic acids is 1. The van der Waals surface area contributed by atoms with Crippen LogP contribution in [0, 0.1) is 6.92 Å². The molecule has 1 rings (SSSR count). The first kappa shape index (κ1) is 16.2. The van der Waals surface area contributed by atoms with Crippen LogP contribution in [0.2, 0.25) is 0 Å². The van der Waals surface area contributed by atoms with Crippen molar-refractivity contribution in [3.63, 3.8) is 0 Å². The Morgan fingerprint density at radius 2 is 2.47 bits per heavy atom. The first-order valence-corrected chi connectivity index (χ1v) is 8.19. The monoisotopic (exact) mass is 300 g/mol. The molecule has 1 heterocycles. The van der Waals surface area contributed by atoms with Gasteiger partial charge in [-0.3, -0.25) is 4.79 Å². The van der Waals surface area contributed by atoms with E-state index in [0.29, 0.717) is 19.5 Å². The molecule has 0 saturated heterocycles. The molecular weight excluding hydrogens is 280 g/mol. The summed E-state index contributed by atoms with van der Waals surface area (Å²) in [6.45, 7) is 6.47. The molecule has 0 aliphatic carbocycles. The average molecular weight is 300 g/mol. The number of hydrogen-bond donors (Lipinski definition) is 1. The van der Waals surface area contributed by atoms with E-state index < -0.39 is 0 Å². The van der Waals surface area contributed by atoms with Crippen LogP contribution in [-0.4, -0.2) is 46.3 Å². The fourth-order valence-electron chi connectivity index (χ4n) is 1.56. The van der Waals surface area contributed by atoms with E-state index in [-0.39, 0.29) is 12.5 Å². The summed E-state index contributed by atoms with van der Waals surface area (Å²) in [5, 5.41) is 12.0. The number of aliphatic hydroxyl groups excluding tert-OH is 1. The Morgan fingerprint density at radius 3 is 3.05 bits per heavy atom. The normalized spacial score (nSPS) is 10.4. The third-order valence-corrected chi connectivity index (χ3v) is 4.26. The van der Waals surface area contributed by atoms with Gasteiger partial charge in [0.2, 0.25) is 5.91 Å². The van der Waals surface area contributed by atoms with Crippen LogP contribution in [0.3, 0.4) is 0 Å². The Kier molecular flexibility index (Phi) is 7.78. The van der Waals surface area contributed by atoms with Crippen molar-refractivity contribution in [2.75, 3.05) is 25.4 Å². The molecule has 1 N–H and O–H groups in total. The molecule has 0 unspecified atom stereocenters. The molecule has 1 aromatic heterocycles. The van der Waals surface area contributed by atoms with E-state index >= 15 is 0 Å². The number of aromatic nitrogens is 1. The number of nitrogens with zero attached hydrogens (tertiary/aromatic N) is 2. The molecular formula is C13H20N2O2S2. The molecule has 1 aromatic rings. The van der Waals surface area contributed by atoms with Crippen LogP contribution in [0.15, 0.2) is 18.0 Å². The van der Waals surface area contributed by atoms with Gasteiger partial charge in [-0.15, -0.1) is 17.9 Å². The van der Waals surface area contributed by atoms with Crippen molar-refractivity contribution in [3.05, 3.63) is 28.7 Å². The first-order chi connectivity index (χ1) is 9.17. The van der Waals surface area contributed by atoms with Gasteiger partial charge >= 0.3 is 0 Å². The van der Waals surface area contributed by atoms with Crippen molar-refractivity contribution in [2.24, 2.45) is 0 Å². The smallest absolute Gasteiger partial charge is 0.223 e. The number of carbonyl (C=O) groups is 1. The number of hydrogen-bond acceptors (Lipinski definition) is 5. The van der Waals surface area contributed by atoms with Gasteiger partial charge in [-0.1, -0.05) is 6.08 Å². The van der Waals surface area contributed by atoms with Crippen LogP contribution in [0.1, 0.15) is 17.1 Å². The summed E-state index contributed by atoms with van der Waals surface area (Å²) < 4.78 is 0. The van der Waals surface area contributed by atoms with Gasteiger partial charge in [0.25, 0.3) is 0 Å². The lowest BCUT2D eigenvalue weighted by atomic mass is 10.3. The minimum Gasteiger partial charge on any atom is -0.395 e. The fraction of sp³-hybridized carbons (Fsp3) is 0.538. The summed E-state index contributed by atoms with van der Waals surface area (Å²) in [6.07, 6.45) is 2.17. The van der Waals surface area contributed by atoms with E-state index in [4.69, 9.17) is 5.11 Å². The Morgan fingerprint density at radius 1 is 1.68 bits per heavy atom. The lowest BCUT2D eigenvalue weighted by molar-refractivity contribution is -0.130. The summed E-state index contributed by atoms with van der Waals surface area (Å²) in [5.74, 6) is 1.68. The maximum absolute atomic E-state index is 11.9. The molecule has 0 fully saturated rings. The zero-order valence-corrected chi connectivity index (χ0v) is 12.8. The van der Waals surface area contributed by atoms with E-state index in [1.54, 1.807) is 34.1 Å². The molecule has 4 nitrogen and oxygen atoms in total. The van der Waals surface area contributed by atoms with Crippen LogP contribution in [0.4, 0.5) is 0 Å². The Bertz CT molecular complexity index is 407. The summed E-state index contributed by atoms with van der Waals surface area (Å²) in [4.78, 5) is 17.9.